The molecule has 1 aliphatic heterocycles. The first kappa shape index (κ1) is 23.7. The summed E-state index contributed by atoms with van der Waals surface area (Å²) in [7, 11) is 0. The first-order valence-corrected chi connectivity index (χ1v) is 12.5. The standard InChI is InChI=1S/C22H43IO2/c1-4-5-6-7-8-9-10-11-12-13-14-15-17-20-21(18-16-19-23)25-22(2,3)24-20/h20-21H,4-19H2,1-3H3/t20-,21-/m1/s1. The molecule has 0 amide bonds. The summed E-state index contributed by atoms with van der Waals surface area (Å²) in [6.45, 7) is 6.41. The van der Waals surface area contributed by atoms with Crippen LogP contribution in [0.2, 0.25) is 0 Å². The first-order valence-electron chi connectivity index (χ1n) is 11.0. The Labute approximate surface area is 171 Å². The van der Waals surface area contributed by atoms with Gasteiger partial charge in [-0.2, -0.15) is 0 Å². The third-order valence-electron chi connectivity index (χ3n) is 5.25. The van der Waals surface area contributed by atoms with Crippen molar-refractivity contribution in [3.8, 4) is 0 Å². The fourth-order valence-corrected chi connectivity index (χ4v) is 4.30. The van der Waals surface area contributed by atoms with Gasteiger partial charge in [-0.25, -0.2) is 0 Å². The van der Waals surface area contributed by atoms with E-state index in [-0.39, 0.29) is 5.79 Å². The molecule has 150 valence electrons. The third kappa shape index (κ3) is 11.9. The molecular formula is C22H43IO2. The fraction of sp³-hybridized carbons (Fsp3) is 1.00. The topological polar surface area (TPSA) is 18.5 Å². The van der Waals surface area contributed by atoms with Gasteiger partial charge in [-0.1, -0.05) is 107 Å². The highest BCUT2D eigenvalue weighted by Gasteiger charge is 2.40. The third-order valence-corrected chi connectivity index (χ3v) is 6.01. The Kier molecular flexibility index (Phi) is 13.9. The summed E-state index contributed by atoms with van der Waals surface area (Å²) in [6, 6.07) is 0. The predicted octanol–water partition coefficient (Wildman–Crippen LogP) is 7.81. The zero-order valence-electron chi connectivity index (χ0n) is 17.2. The Morgan fingerprint density at radius 3 is 1.48 bits per heavy atom. The van der Waals surface area contributed by atoms with Crippen LogP contribution in [0.5, 0.6) is 0 Å². The molecule has 2 atom stereocenters. The second-order valence-corrected chi connectivity index (χ2v) is 9.30. The lowest BCUT2D eigenvalue weighted by Gasteiger charge is -2.16. The highest BCUT2D eigenvalue weighted by molar-refractivity contribution is 14.1. The maximum atomic E-state index is 6.13. The van der Waals surface area contributed by atoms with Gasteiger partial charge < -0.3 is 9.47 Å². The van der Waals surface area contributed by atoms with Crippen molar-refractivity contribution < 1.29 is 9.47 Å². The molecule has 0 aromatic carbocycles. The average Bonchev–Trinajstić information content (AvgIpc) is 2.87. The molecule has 1 saturated heterocycles. The molecule has 1 heterocycles. The molecular weight excluding hydrogens is 423 g/mol. The minimum atomic E-state index is -0.377. The number of halogens is 1. The second-order valence-electron chi connectivity index (χ2n) is 8.22. The van der Waals surface area contributed by atoms with Crippen LogP contribution in [0.15, 0.2) is 0 Å². The predicted molar refractivity (Wildman–Crippen MR) is 118 cm³/mol. The number of ether oxygens (including phenoxy) is 2. The van der Waals surface area contributed by atoms with Crippen LogP contribution in [0.3, 0.4) is 0 Å². The molecule has 0 unspecified atom stereocenters. The van der Waals surface area contributed by atoms with Crippen molar-refractivity contribution in [2.75, 3.05) is 4.43 Å². The lowest BCUT2D eigenvalue weighted by molar-refractivity contribution is -0.147. The molecule has 0 saturated carbocycles. The SMILES string of the molecule is CCCCCCCCCCCCCC[C@H]1OC(C)(C)O[C@@H]1CCCI. The van der Waals surface area contributed by atoms with Crippen LogP contribution in [0.4, 0.5) is 0 Å². The molecule has 0 aromatic heterocycles. The van der Waals surface area contributed by atoms with Crippen molar-refractivity contribution >= 4 is 22.6 Å². The van der Waals surface area contributed by atoms with E-state index in [0.717, 1.165) is 6.42 Å². The van der Waals surface area contributed by atoms with Crippen LogP contribution in [0.25, 0.3) is 0 Å². The van der Waals surface area contributed by atoms with E-state index in [1.54, 1.807) is 0 Å². The van der Waals surface area contributed by atoms with E-state index in [9.17, 15) is 0 Å². The van der Waals surface area contributed by atoms with Gasteiger partial charge in [-0.05, 0) is 37.5 Å². The fourth-order valence-electron chi connectivity index (χ4n) is 3.86. The highest BCUT2D eigenvalue weighted by Crippen LogP contribution is 2.33. The normalized spacial score (nSPS) is 22.6. The largest absolute Gasteiger partial charge is 0.345 e. The van der Waals surface area contributed by atoms with Crippen LogP contribution < -0.4 is 0 Å². The van der Waals surface area contributed by atoms with Crippen molar-refractivity contribution in [2.45, 2.75) is 135 Å². The van der Waals surface area contributed by atoms with Crippen molar-refractivity contribution in [2.24, 2.45) is 0 Å². The van der Waals surface area contributed by atoms with Crippen LogP contribution >= 0.6 is 22.6 Å². The van der Waals surface area contributed by atoms with E-state index >= 15 is 0 Å². The molecule has 3 heteroatoms. The molecule has 25 heavy (non-hydrogen) atoms. The second kappa shape index (κ2) is 14.7. The van der Waals surface area contributed by atoms with E-state index in [0.29, 0.717) is 12.2 Å². The number of rotatable bonds is 16. The number of hydrogen-bond acceptors (Lipinski definition) is 2. The summed E-state index contributed by atoms with van der Waals surface area (Å²) in [5.74, 6) is -0.377. The smallest absolute Gasteiger partial charge is 0.163 e. The number of hydrogen-bond donors (Lipinski definition) is 0. The van der Waals surface area contributed by atoms with Gasteiger partial charge in [0.25, 0.3) is 0 Å². The summed E-state index contributed by atoms with van der Waals surface area (Å²) in [6.07, 6.45) is 21.1. The average molecular weight is 466 g/mol. The van der Waals surface area contributed by atoms with Gasteiger partial charge in [0.15, 0.2) is 5.79 Å². The Balaban J connectivity index is 1.96. The van der Waals surface area contributed by atoms with Crippen molar-refractivity contribution in [1.29, 1.82) is 0 Å². The molecule has 0 aromatic rings. The van der Waals surface area contributed by atoms with Crippen molar-refractivity contribution in [3.63, 3.8) is 0 Å². The van der Waals surface area contributed by atoms with Crippen molar-refractivity contribution in [3.05, 3.63) is 0 Å². The van der Waals surface area contributed by atoms with Gasteiger partial charge in [-0.3, -0.25) is 0 Å². The molecule has 0 radical (unpaired) electrons. The Hall–Kier alpha value is 0.650. The molecule has 2 nitrogen and oxygen atoms in total. The van der Waals surface area contributed by atoms with E-state index in [2.05, 4.69) is 43.4 Å². The van der Waals surface area contributed by atoms with E-state index < -0.39 is 0 Å². The lowest BCUT2D eigenvalue weighted by Crippen LogP contribution is -2.22. The minimum absolute atomic E-state index is 0.317. The van der Waals surface area contributed by atoms with Gasteiger partial charge in [-0.15, -0.1) is 0 Å². The number of unbranched alkanes of at least 4 members (excludes halogenated alkanes) is 11. The van der Waals surface area contributed by atoms with Gasteiger partial charge in [0.05, 0.1) is 12.2 Å². The maximum Gasteiger partial charge on any atom is 0.163 e. The maximum absolute atomic E-state index is 6.13. The van der Waals surface area contributed by atoms with Gasteiger partial charge in [0.1, 0.15) is 0 Å². The van der Waals surface area contributed by atoms with Crippen LogP contribution in [0, 0.1) is 0 Å². The molecule has 0 spiro atoms. The summed E-state index contributed by atoms with van der Waals surface area (Å²) in [5.41, 5.74) is 0. The molecule has 0 aliphatic carbocycles. The van der Waals surface area contributed by atoms with Crippen LogP contribution in [0.1, 0.15) is 117 Å². The number of alkyl halides is 1. The van der Waals surface area contributed by atoms with E-state index in [1.165, 1.54) is 94.3 Å². The van der Waals surface area contributed by atoms with Crippen LogP contribution in [-0.2, 0) is 9.47 Å². The molecule has 0 bridgehead atoms. The summed E-state index contributed by atoms with van der Waals surface area (Å²) in [4.78, 5) is 0. The van der Waals surface area contributed by atoms with Gasteiger partial charge in [0, 0.05) is 0 Å². The van der Waals surface area contributed by atoms with Gasteiger partial charge in [0.2, 0.25) is 0 Å². The summed E-state index contributed by atoms with van der Waals surface area (Å²) in [5, 5.41) is 0. The summed E-state index contributed by atoms with van der Waals surface area (Å²) < 4.78 is 13.4. The molecule has 1 rings (SSSR count). The first-order chi connectivity index (χ1) is 12.1. The van der Waals surface area contributed by atoms with Crippen LogP contribution in [-0.4, -0.2) is 22.4 Å². The Morgan fingerprint density at radius 2 is 1.04 bits per heavy atom. The van der Waals surface area contributed by atoms with E-state index in [1.807, 2.05) is 0 Å². The van der Waals surface area contributed by atoms with Crippen molar-refractivity contribution in [1.82, 2.24) is 0 Å². The summed E-state index contributed by atoms with van der Waals surface area (Å²) >= 11 is 2.45. The van der Waals surface area contributed by atoms with Gasteiger partial charge >= 0.3 is 0 Å². The molecule has 0 N–H and O–H groups in total. The molecule has 1 fully saturated rings. The Bertz CT molecular complexity index is 306. The molecule has 1 aliphatic rings. The lowest BCUT2D eigenvalue weighted by atomic mass is 10.0. The zero-order chi connectivity index (χ0) is 18.4. The Morgan fingerprint density at radius 1 is 0.640 bits per heavy atom. The van der Waals surface area contributed by atoms with E-state index in [4.69, 9.17) is 9.47 Å². The monoisotopic (exact) mass is 466 g/mol. The minimum Gasteiger partial charge on any atom is -0.345 e. The quantitative estimate of drug-likeness (QED) is 0.131. The highest BCUT2D eigenvalue weighted by atomic mass is 127. The zero-order valence-corrected chi connectivity index (χ0v) is 19.3.